The number of rotatable bonds is 2. The second-order valence-electron chi connectivity index (χ2n) is 5.71. The molecule has 0 saturated heterocycles. The minimum atomic E-state index is 0.498. The lowest BCUT2D eigenvalue weighted by Gasteiger charge is -2.19. The van der Waals surface area contributed by atoms with Gasteiger partial charge in [-0.2, -0.15) is 0 Å². The summed E-state index contributed by atoms with van der Waals surface area (Å²) >= 11 is 5.95. The first-order valence-corrected chi connectivity index (χ1v) is 6.37. The van der Waals surface area contributed by atoms with Gasteiger partial charge in [0.25, 0.3) is 0 Å². The molecule has 1 aliphatic carbocycles. The van der Waals surface area contributed by atoms with Crippen LogP contribution in [-0.2, 0) is 0 Å². The molecule has 0 heterocycles. The highest BCUT2D eigenvalue weighted by Gasteiger charge is 2.30. The molecule has 1 aliphatic rings. The van der Waals surface area contributed by atoms with Gasteiger partial charge in [-0.05, 0) is 55.4 Å². The van der Waals surface area contributed by atoms with Crippen molar-refractivity contribution in [2.45, 2.75) is 46.1 Å². The van der Waals surface area contributed by atoms with Crippen LogP contribution in [0.3, 0.4) is 0 Å². The largest absolute Gasteiger partial charge is 0.382 e. The van der Waals surface area contributed by atoms with Crippen LogP contribution in [0.1, 0.15) is 38.7 Å². The first-order chi connectivity index (χ1) is 7.46. The van der Waals surface area contributed by atoms with Gasteiger partial charge in [0.2, 0.25) is 0 Å². The lowest BCUT2D eigenvalue weighted by Crippen LogP contribution is -2.18. The number of nitrogens with one attached hydrogen (secondary N) is 1. The number of benzene rings is 1. The monoisotopic (exact) mass is 237 g/mol. The third-order valence-electron chi connectivity index (χ3n) is 3.52. The van der Waals surface area contributed by atoms with Crippen molar-refractivity contribution in [1.82, 2.24) is 0 Å². The van der Waals surface area contributed by atoms with E-state index in [1.807, 2.05) is 12.1 Å². The van der Waals surface area contributed by atoms with Crippen molar-refractivity contribution in [1.29, 1.82) is 0 Å². The summed E-state index contributed by atoms with van der Waals surface area (Å²) in [5.41, 5.74) is 2.96. The van der Waals surface area contributed by atoms with Crippen LogP contribution < -0.4 is 5.32 Å². The lowest BCUT2D eigenvalue weighted by molar-refractivity contribution is 0.378. The van der Waals surface area contributed by atoms with Gasteiger partial charge in [0, 0.05) is 16.8 Å². The number of anilines is 1. The lowest BCUT2D eigenvalue weighted by atomic mass is 9.92. The topological polar surface area (TPSA) is 12.0 Å². The number of hydrogen-bond donors (Lipinski definition) is 1. The van der Waals surface area contributed by atoms with Gasteiger partial charge < -0.3 is 5.32 Å². The molecule has 0 aromatic heterocycles. The summed E-state index contributed by atoms with van der Waals surface area (Å²) in [5.74, 6) is 0. The van der Waals surface area contributed by atoms with E-state index in [4.69, 9.17) is 11.6 Å². The predicted octanol–water partition coefficient (Wildman–Crippen LogP) is 4.64. The standard InChI is InChI=1S/C14H20ClN/c1-10-8-11(15)4-5-13(10)16-12-6-7-14(2,3)9-12/h4-5,8,12,16H,6-7,9H2,1-3H3. The van der Waals surface area contributed by atoms with Crippen molar-refractivity contribution in [3.05, 3.63) is 28.8 Å². The zero-order chi connectivity index (χ0) is 11.8. The fraction of sp³-hybridized carbons (Fsp3) is 0.571. The van der Waals surface area contributed by atoms with Crippen LogP contribution in [0.25, 0.3) is 0 Å². The van der Waals surface area contributed by atoms with E-state index in [1.165, 1.54) is 30.5 Å². The summed E-state index contributed by atoms with van der Waals surface area (Å²) in [5, 5.41) is 4.45. The van der Waals surface area contributed by atoms with Crippen LogP contribution >= 0.6 is 11.6 Å². The molecule has 0 radical (unpaired) electrons. The maximum Gasteiger partial charge on any atom is 0.0410 e. The zero-order valence-electron chi connectivity index (χ0n) is 10.3. The quantitative estimate of drug-likeness (QED) is 0.790. The summed E-state index contributed by atoms with van der Waals surface area (Å²) in [6, 6.07) is 6.68. The Kier molecular flexibility index (Phi) is 3.16. The molecule has 0 spiro atoms. The SMILES string of the molecule is Cc1cc(Cl)ccc1NC1CCC(C)(C)C1. The van der Waals surface area contributed by atoms with Crippen LogP contribution in [0.15, 0.2) is 18.2 Å². The molecular formula is C14H20ClN. The first-order valence-electron chi connectivity index (χ1n) is 5.99. The van der Waals surface area contributed by atoms with Gasteiger partial charge in [-0.25, -0.2) is 0 Å². The number of halogens is 1. The summed E-state index contributed by atoms with van der Waals surface area (Å²) in [4.78, 5) is 0. The van der Waals surface area contributed by atoms with E-state index in [0.717, 1.165) is 5.02 Å². The molecule has 2 heteroatoms. The second-order valence-corrected chi connectivity index (χ2v) is 6.14. The van der Waals surface area contributed by atoms with E-state index in [2.05, 4.69) is 32.2 Å². The molecular weight excluding hydrogens is 218 g/mol. The van der Waals surface area contributed by atoms with Crippen molar-refractivity contribution in [3.63, 3.8) is 0 Å². The first kappa shape index (κ1) is 11.8. The van der Waals surface area contributed by atoms with Crippen molar-refractivity contribution in [2.75, 3.05) is 5.32 Å². The van der Waals surface area contributed by atoms with E-state index in [0.29, 0.717) is 11.5 Å². The van der Waals surface area contributed by atoms with Crippen LogP contribution in [0.2, 0.25) is 5.02 Å². The molecule has 1 N–H and O–H groups in total. The summed E-state index contributed by atoms with van der Waals surface area (Å²) < 4.78 is 0. The van der Waals surface area contributed by atoms with Gasteiger partial charge >= 0.3 is 0 Å². The minimum absolute atomic E-state index is 0.498. The van der Waals surface area contributed by atoms with Crippen molar-refractivity contribution >= 4 is 17.3 Å². The van der Waals surface area contributed by atoms with Gasteiger partial charge in [0.05, 0.1) is 0 Å². The average Bonchev–Trinajstić information content (AvgIpc) is 2.51. The van der Waals surface area contributed by atoms with Crippen molar-refractivity contribution in [2.24, 2.45) is 5.41 Å². The molecule has 1 nitrogen and oxygen atoms in total. The van der Waals surface area contributed by atoms with Gasteiger partial charge in [-0.3, -0.25) is 0 Å². The van der Waals surface area contributed by atoms with Crippen LogP contribution in [0, 0.1) is 12.3 Å². The highest BCUT2D eigenvalue weighted by Crippen LogP contribution is 2.38. The molecule has 2 rings (SSSR count). The Morgan fingerprint density at radius 2 is 2.12 bits per heavy atom. The van der Waals surface area contributed by atoms with Crippen molar-refractivity contribution in [3.8, 4) is 0 Å². The zero-order valence-corrected chi connectivity index (χ0v) is 11.1. The Morgan fingerprint density at radius 1 is 1.38 bits per heavy atom. The fourth-order valence-electron chi connectivity index (χ4n) is 2.57. The highest BCUT2D eigenvalue weighted by molar-refractivity contribution is 6.30. The van der Waals surface area contributed by atoms with Gasteiger partial charge in [0.1, 0.15) is 0 Å². The van der Waals surface area contributed by atoms with E-state index in [-0.39, 0.29) is 0 Å². The van der Waals surface area contributed by atoms with E-state index in [9.17, 15) is 0 Å². The summed E-state index contributed by atoms with van der Waals surface area (Å²) in [6.45, 7) is 6.81. The Bertz CT molecular complexity index is 384. The Labute approximate surface area is 103 Å². The molecule has 1 fully saturated rings. The van der Waals surface area contributed by atoms with Gasteiger partial charge in [-0.15, -0.1) is 0 Å². The van der Waals surface area contributed by atoms with Crippen molar-refractivity contribution < 1.29 is 0 Å². The third kappa shape index (κ3) is 2.70. The molecule has 1 unspecified atom stereocenters. The Morgan fingerprint density at radius 3 is 2.69 bits per heavy atom. The second kappa shape index (κ2) is 4.29. The molecule has 16 heavy (non-hydrogen) atoms. The van der Waals surface area contributed by atoms with Gasteiger partial charge in [0.15, 0.2) is 0 Å². The number of aryl methyl sites for hydroxylation is 1. The molecule has 0 aliphatic heterocycles. The number of hydrogen-bond acceptors (Lipinski definition) is 1. The average molecular weight is 238 g/mol. The minimum Gasteiger partial charge on any atom is -0.382 e. The maximum atomic E-state index is 5.95. The van der Waals surface area contributed by atoms with Crippen LogP contribution in [0.5, 0.6) is 0 Å². The van der Waals surface area contributed by atoms with Gasteiger partial charge in [-0.1, -0.05) is 25.4 Å². The normalized spacial score (nSPS) is 23.4. The Balaban J connectivity index is 2.05. The molecule has 0 amide bonds. The summed E-state index contributed by atoms with van der Waals surface area (Å²) in [6.07, 6.45) is 3.85. The van der Waals surface area contributed by atoms with E-state index < -0.39 is 0 Å². The van der Waals surface area contributed by atoms with Crippen LogP contribution in [0.4, 0.5) is 5.69 Å². The molecule has 1 atom stereocenters. The third-order valence-corrected chi connectivity index (χ3v) is 3.75. The summed E-state index contributed by atoms with van der Waals surface area (Å²) in [7, 11) is 0. The molecule has 1 aromatic carbocycles. The smallest absolute Gasteiger partial charge is 0.0410 e. The Hall–Kier alpha value is -0.690. The maximum absolute atomic E-state index is 5.95. The van der Waals surface area contributed by atoms with Crippen LogP contribution in [-0.4, -0.2) is 6.04 Å². The molecule has 88 valence electrons. The molecule has 1 aromatic rings. The predicted molar refractivity (Wildman–Crippen MR) is 71.2 cm³/mol. The fourth-order valence-corrected chi connectivity index (χ4v) is 2.79. The molecule has 0 bridgehead atoms. The van der Waals surface area contributed by atoms with E-state index in [1.54, 1.807) is 0 Å². The van der Waals surface area contributed by atoms with E-state index >= 15 is 0 Å². The molecule has 1 saturated carbocycles. The highest BCUT2D eigenvalue weighted by atomic mass is 35.5.